The molecule has 0 amide bonds. The molecule has 0 aliphatic carbocycles. The summed E-state index contributed by atoms with van der Waals surface area (Å²) in [5.74, 6) is -0.270. The lowest BCUT2D eigenvalue weighted by molar-refractivity contribution is -0.130. The molecule has 7 heteroatoms. The minimum atomic E-state index is -1.35. The van der Waals surface area contributed by atoms with Gasteiger partial charge in [0.2, 0.25) is 6.29 Å². The average molecular weight is 384 g/mol. The predicted octanol–water partition coefficient (Wildman–Crippen LogP) is 2.63. The number of hydrogen-bond acceptors (Lipinski definition) is 7. The number of esters is 2. The minimum absolute atomic E-state index is 0.112. The molecule has 2 aromatic carbocycles. The van der Waals surface area contributed by atoms with Gasteiger partial charge in [0, 0.05) is 11.1 Å². The molecule has 146 valence electrons. The van der Waals surface area contributed by atoms with Crippen molar-refractivity contribution in [1.29, 1.82) is 0 Å². The van der Waals surface area contributed by atoms with Crippen LogP contribution in [0.1, 0.15) is 17.3 Å². The highest BCUT2D eigenvalue weighted by Gasteiger charge is 2.12. The van der Waals surface area contributed by atoms with Gasteiger partial charge >= 0.3 is 11.9 Å². The highest BCUT2D eigenvalue weighted by Crippen LogP contribution is 2.21. The van der Waals surface area contributed by atoms with Crippen LogP contribution in [0.5, 0.6) is 17.2 Å². The molecule has 0 saturated carbocycles. The highest BCUT2D eigenvalue weighted by atomic mass is 16.6. The molecular formula is C21H20O7. The molecule has 28 heavy (non-hydrogen) atoms. The van der Waals surface area contributed by atoms with Gasteiger partial charge in [0.15, 0.2) is 0 Å². The summed E-state index contributed by atoms with van der Waals surface area (Å²) in [6.45, 7) is 8.09. The zero-order valence-corrected chi connectivity index (χ0v) is 15.3. The van der Waals surface area contributed by atoms with Gasteiger partial charge in [-0.1, -0.05) is 13.2 Å². The fraction of sp³-hybridized carbons (Fsp3) is 0.143. The van der Waals surface area contributed by atoms with Crippen LogP contribution in [0.15, 0.2) is 72.8 Å². The molecule has 0 bridgehead atoms. The number of ether oxygens (including phenoxy) is 3. The van der Waals surface area contributed by atoms with Crippen molar-refractivity contribution in [1.82, 2.24) is 0 Å². The van der Waals surface area contributed by atoms with E-state index in [1.165, 1.54) is 48.5 Å². The highest BCUT2D eigenvalue weighted by molar-refractivity contribution is 5.91. The summed E-state index contributed by atoms with van der Waals surface area (Å²) >= 11 is 0. The van der Waals surface area contributed by atoms with Gasteiger partial charge in [-0.15, -0.1) is 0 Å². The lowest BCUT2D eigenvalue weighted by Crippen LogP contribution is -2.20. The number of aliphatic hydroxyl groups excluding tert-OH is 2. The average Bonchev–Trinajstić information content (AvgIpc) is 2.69. The van der Waals surface area contributed by atoms with E-state index in [2.05, 4.69) is 13.2 Å². The maximum Gasteiger partial charge on any atom is 0.343 e. The van der Waals surface area contributed by atoms with Crippen molar-refractivity contribution in [3.63, 3.8) is 0 Å². The van der Waals surface area contributed by atoms with E-state index < -0.39 is 24.8 Å². The van der Waals surface area contributed by atoms with E-state index in [-0.39, 0.29) is 22.5 Å². The first-order valence-corrected chi connectivity index (χ1v) is 8.23. The van der Waals surface area contributed by atoms with Gasteiger partial charge in [-0.25, -0.2) is 9.59 Å². The molecule has 2 rings (SSSR count). The second-order valence-electron chi connectivity index (χ2n) is 5.84. The molecule has 1 unspecified atom stereocenters. The Morgan fingerprint density at radius 2 is 1.43 bits per heavy atom. The van der Waals surface area contributed by atoms with E-state index in [9.17, 15) is 14.7 Å². The number of rotatable bonds is 8. The molecule has 2 N–H and O–H groups in total. The van der Waals surface area contributed by atoms with E-state index in [4.69, 9.17) is 19.3 Å². The molecule has 1 atom stereocenters. The molecule has 0 saturated heterocycles. The first-order chi connectivity index (χ1) is 13.3. The Morgan fingerprint density at radius 1 is 0.929 bits per heavy atom. The molecule has 0 radical (unpaired) electrons. The normalized spacial score (nSPS) is 11.2. The van der Waals surface area contributed by atoms with Crippen LogP contribution in [-0.4, -0.2) is 35.0 Å². The second-order valence-corrected chi connectivity index (χ2v) is 5.84. The molecule has 0 spiro atoms. The molecule has 2 aromatic rings. The van der Waals surface area contributed by atoms with Crippen molar-refractivity contribution in [2.45, 2.75) is 13.2 Å². The van der Waals surface area contributed by atoms with Gasteiger partial charge in [0.25, 0.3) is 0 Å². The third kappa shape index (κ3) is 5.80. The molecule has 7 nitrogen and oxygen atoms in total. The van der Waals surface area contributed by atoms with Gasteiger partial charge < -0.3 is 24.4 Å². The van der Waals surface area contributed by atoms with Gasteiger partial charge in [0.1, 0.15) is 17.2 Å². The van der Waals surface area contributed by atoms with E-state index >= 15 is 0 Å². The summed E-state index contributed by atoms with van der Waals surface area (Å²) in [7, 11) is 0. The number of aliphatic hydroxyl groups is 2. The monoisotopic (exact) mass is 384 g/mol. The van der Waals surface area contributed by atoms with E-state index in [1.807, 2.05) is 0 Å². The van der Waals surface area contributed by atoms with Crippen LogP contribution in [0.2, 0.25) is 0 Å². The third-order valence-electron chi connectivity index (χ3n) is 3.48. The summed E-state index contributed by atoms with van der Waals surface area (Å²) < 4.78 is 15.5. The smallest absolute Gasteiger partial charge is 0.343 e. The summed E-state index contributed by atoms with van der Waals surface area (Å²) in [6.07, 6.45) is -1.35. The van der Waals surface area contributed by atoms with Gasteiger partial charge in [-0.3, -0.25) is 0 Å². The summed E-state index contributed by atoms with van der Waals surface area (Å²) in [6, 6.07) is 11.9. The Bertz CT molecular complexity index is 867. The maximum absolute atomic E-state index is 12.2. The van der Waals surface area contributed by atoms with Gasteiger partial charge in [0.05, 0.1) is 12.2 Å². The van der Waals surface area contributed by atoms with Crippen molar-refractivity contribution in [3.8, 4) is 17.2 Å². The summed E-state index contributed by atoms with van der Waals surface area (Å²) in [5.41, 5.74) is 0.651. The van der Waals surface area contributed by atoms with Crippen molar-refractivity contribution in [3.05, 3.63) is 78.4 Å². The van der Waals surface area contributed by atoms with Crippen LogP contribution in [0.25, 0.3) is 0 Å². The van der Waals surface area contributed by atoms with Crippen molar-refractivity contribution >= 4 is 11.9 Å². The molecule has 0 aliphatic heterocycles. The lowest BCUT2D eigenvalue weighted by atomic mass is 10.2. The van der Waals surface area contributed by atoms with Gasteiger partial charge in [-0.05, 0) is 55.5 Å². The summed E-state index contributed by atoms with van der Waals surface area (Å²) in [5, 5.41) is 18.5. The van der Waals surface area contributed by atoms with Crippen molar-refractivity contribution in [2.24, 2.45) is 0 Å². The van der Waals surface area contributed by atoms with E-state index in [0.29, 0.717) is 11.5 Å². The van der Waals surface area contributed by atoms with Crippen LogP contribution in [-0.2, 0) is 4.79 Å². The zero-order valence-electron chi connectivity index (χ0n) is 15.3. The summed E-state index contributed by atoms with van der Waals surface area (Å²) in [4.78, 5) is 23.7. The van der Waals surface area contributed by atoms with Crippen LogP contribution in [0.4, 0.5) is 0 Å². The number of carbonyl (C=O) groups is 2. The Hall–Kier alpha value is -3.42. The fourth-order valence-electron chi connectivity index (χ4n) is 1.90. The molecule has 0 aromatic heterocycles. The van der Waals surface area contributed by atoms with Crippen LogP contribution < -0.4 is 14.2 Å². The van der Waals surface area contributed by atoms with Crippen LogP contribution >= 0.6 is 0 Å². The van der Waals surface area contributed by atoms with Crippen LogP contribution in [0, 0.1) is 0 Å². The Morgan fingerprint density at radius 3 is 1.93 bits per heavy atom. The van der Waals surface area contributed by atoms with Crippen molar-refractivity contribution in [2.75, 3.05) is 6.61 Å². The third-order valence-corrected chi connectivity index (χ3v) is 3.48. The molecule has 0 heterocycles. The fourth-order valence-corrected chi connectivity index (χ4v) is 1.90. The first kappa shape index (κ1) is 20.9. The van der Waals surface area contributed by atoms with Crippen LogP contribution in [0.3, 0.4) is 0 Å². The van der Waals surface area contributed by atoms with E-state index in [1.54, 1.807) is 6.92 Å². The standard InChI is InChI=1S/C21H20O7/c1-13(2)19(23)26-17-8-10-18(11-9-17)28-21(25)15-4-6-16(7-5-15)27-20(24)14(3)12-22/h4-11,20,22,24H,1,3,12H2,2H3. The van der Waals surface area contributed by atoms with Gasteiger partial charge in [-0.2, -0.15) is 0 Å². The number of hydrogen-bond donors (Lipinski definition) is 2. The topological polar surface area (TPSA) is 102 Å². The Labute approximate surface area is 162 Å². The second kappa shape index (κ2) is 9.50. The van der Waals surface area contributed by atoms with Crippen molar-refractivity contribution < 1.29 is 34.0 Å². The van der Waals surface area contributed by atoms with E-state index in [0.717, 1.165) is 0 Å². The SMILES string of the molecule is C=C(C)C(=O)Oc1ccc(OC(=O)c2ccc(OC(O)C(=C)CO)cc2)cc1. The Kier molecular flexibility index (Phi) is 7.08. The quantitative estimate of drug-likeness (QED) is 0.237. The zero-order chi connectivity index (χ0) is 20.7. The maximum atomic E-state index is 12.2. The predicted molar refractivity (Wildman–Crippen MR) is 101 cm³/mol. The lowest BCUT2D eigenvalue weighted by Gasteiger charge is -2.14. The molecule has 0 fully saturated rings. The first-order valence-electron chi connectivity index (χ1n) is 8.23. The minimum Gasteiger partial charge on any atom is -0.461 e. The molecule has 0 aliphatic rings. The largest absolute Gasteiger partial charge is 0.461 e. The number of benzene rings is 2. The molecular weight excluding hydrogens is 364 g/mol. The Balaban J connectivity index is 1.96. The number of carbonyl (C=O) groups excluding carboxylic acids is 2.